The van der Waals surface area contributed by atoms with Gasteiger partial charge in [0, 0.05) is 10.8 Å². The SMILES string of the molecule is O=C(Oc1cccc2c(OC(=O)c3ccccc3)c3c(OC(=O)c4ccccc4)cccc3cc12)c1ccccc1. The van der Waals surface area contributed by atoms with E-state index in [0.29, 0.717) is 44.0 Å². The van der Waals surface area contributed by atoms with Gasteiger partial charge in [-0.1, -0.05) is 78.9 Å². The Balaban J connectivity index is 1.51. The van der Waals surface area contributed by atoms with E-state index in [0.717, 1.165) is 0 Å². The van der Waals surface area contributed by atoms with Crippen LogP contribution in [0.25, 0.3) is 21.5 Å². The van der Waals surface area contributed by atoms with E-state index in [1.807, 2.05) is 24.3 Å². The van der Waals surface area contributed by atoms with Gasteiger partial charge in [-0.2, -0.15) is 0 Å². The van der Waals surface area contributed by atoms with Gasteiger partial charge in [-0.15, -0.1) is 0 Å². The smallest absolute Gasteiger partial charge is 0.343 e. The van der Waals surface area contributed by atoms with Gasteiger partial charge >= 0.3 is 17.9 Å². The molecule has 198 valence electrons. The lowest BCUT2D eigenvalue weighted by Crippen LogP contribution is -2.11. The van der Waals surface area contributed by atoms with E-state index in [1.54, 1.807) is 109 Å². The molecule has 0 aliphatic rings. The molecule has 6 rings (SSSR count). The van der Waals surface area contributed by atoms with E-state index >= 15 is 0 Å². The first kappa shape index (κ1) is 25.5. The molecule has 6 heteroatoms. The molecule has 0 bridgehead atoms. The number of esters is 3. The van der Waals surface area contributed by atoms with Crippen LogP contribution in [0.3, 0.4) is 0 Å². The van der Waals surface area contributed by atoms with Crippen molar-refractivity contribution in [2.75, 3.05) is 0 Å². The zero-order valence-corrected chi connectivity index (χ0v) is 21.7. The van der Waals surface area contributed by atoms with Crippen LogP contribution in [0, 0.1) is 0 Å². The van der Waals surface area contributed by atoms with Crippen LogP contribution >= 0.6 is 0 Å². The first-order chi connectivity index (χ1) is 20.1. The standard InChI is InChI=1S/C35H22O6/c36-33(23-12-4-1-5-13-23)39-29-20-11-19-27-28(29)22-26-18-10-21-30(40-34(37)24-14-6-2-7-15-24)31(26)32(27)41-35(38)25-16-8-3-9-17-25/h1-22H. The molecule has 0 fully saturated rings. The molecule has 6 aromatic carbocycles. The van der Waals surface area contributed by atoms with Gasteiger partial charge in [0.25, 0.3) is 0 Å². The molecule has 0 unspecified atom stereocenters. The highest BCUT2D eigenvalue weighted by Gasteiger charge is 2.22. The minimum atomic E-state index is -0.588. The average Bonchev–Trinajstić information content (AvgIpc) is 3.02. The van der Waals surface area contributed by atoms with Crippen molar-refractivity contribution in [3.05, 3.63) is 150 Å². The maximum atomic E-state index is 13.3. The Morgan fingerprint density at radius 2 is 0.878 bits per heavy atom. The maximum Gasteiger partial charge on any atom is 0.343 e. The summed E-state index contributed by atoms with van der Waals surface area (Å²) in [5.41, 5.74) is 1.13. The number of carbonyl (C=O) groups is 3. The third-order valence-corrected chi connectivity index (χ3v) is 6.52. The molecular formula is C35H22O6. The Hall–Kier alpha value is -5.75. The average molecular weight is 539 g/mol. The van der Waals surface area contributed by atoms with Crippen LogP contribution in [0.5, 0.6) is 17.2 Å². The van der Waals surface area contributed by atoms with E-state index < -0.39 is 17.9 Å². The summed E-state index contributed by atoms with van der Waals surface area (Å²) in [6.45, 7) is 0. The van der Waals surface area contributed by atoms with Crippen molar-refractivity contribution >= 4 is 39.5 Å². The Kier molecular flexibility index (Phi) is 6.95. The third-order valence-electron chi connectivity index (χ3n) is 6.52. The number of carbonyl (C=O) groups excluding carboxylic acids is 3. The van der Waals surface area contributed by atoms with Gasteiger partial charge in [0.1, 0.15) is 11.5 Å². The fourth-order valence-corrected chi connectivity index (χ4v) is 4.56. The van der Waals surface area contributed by atoms with Crippen molar-refractivity contribution in [1.29, 1.82) is 0 Å². The van der Waals surface area contributed by atoms with Crippen molar-refractivity contribution in [3.8, 4) is 17.2 Å². The summed E-state index contributed by atoms with van der Waals surface area (Å²) in [7, 11) is 0. The summed E-state index contributed by atoms with van der Waals surface area (Å²) in [5.74, 6) is -0.964. The van der Waals surface area contributed by atoms with Crippen molar-refractivity contribution in [2.45, 2.75) is 0 Å². The molecule has 0 heterocycles. The zero-order chi connectivity index (χ0) is 28.2. The van der Waals surface area contributed by atoms with Gasteiger partial charge < -0.3 is 14.2 Å². The molecule has 0 N–H and O–H groups in total. The Bertz CT molecular complexity index is 1900. The molecule has 6 nitrogen and oxygen atoms in total. The lowest BCUT2D eigenvalue weighted by Gasteiger charge is -2.16. The molecule has 6 aromatic rings. The van der Waals surface area contributed by atoms with Crippen LogP contribution in [0.1, 0.15) is 31.1 Å². The third kappa shape index (κ3) is 5.27. The van der Waals surface area contributed by atoms with Crippen LogP contribution in [0.4, 0.5) is 0 Å². The van der Waals surface area contributed by atoms with E-state index in [4.69, 9.17) is 14.2 Å². The number of rotatable bonds is 6. The number of fused-ring (bicyclic) bond motifs is 2. The van der Waals surface area contributed by atoms with Crippen molar-refractivity contribution < 1.29 is 28.6 Å². The molecule has 0 spiro atoms. The second-order valence-electron chi connectivity index (χ2n) is 9.18. The van der Waals surface area contributed by atoms with Gasteiger partial charge in [0.2, 0.25) is 0 Å². The molecular weight excluding hydrogens is 516 g/mol. The lowest BCUT2D eigenvalue weighted by molar-refractivity contribution is 0.0723. The lowest BCUT2D eigenvalue weighted by atomic mass is 10.0. The van der Waals surface area contributed by atoms with Gasteiger partial charge in [-0.3, -0.25) is 0 Å². The number of hydrogen-bond acceptors (Lipinski definition) is 6. The summed E-state index contributed by atoms with van der Waals surface area (Å²) in [4.78, 5) is 39.2. The Morgan fingerprint density at radius 3 is 1.44 bits per heavy atom. The molecule has 0 saturated heterocycles. The minimum Gasteiger partial charge on any atom is -0.422 e. The minimum absolute atomic E-state index is 0.181. The predicted octanol–water partition coefficient (Wildman–Crippen LogP) is 7.65. The van der Waals surface area contributed by atoms with Crippen LogP contribution in [-0.2, 0) is 0 Å². The normalized spacial score (nSPS) is 10.7. The van der Waals surface area contributed by atoms with Crippen LogP contribution in [0.15, 0.2) is 133 Å². The summed E-state index contributed by atoms with van der Waals surface area (Å²) in [6, 6.07) is 38.0. The van der Waals surface area contributed by atoms with Crippen molar-refractivity contribution in [3.63, 3.8) is 0 Å². The van der Waals surface area contributed by atoms with Gasteiger partial charge in [-0.25, -0.2) is 14.4 Å². The zero-order valence-electron chi connectivity index (χ0n) is 21.7. The molecule has 0 radical (unpaired) electrons. The molecule has 0 atom stereocenters. The summed E-state index contributed by atoms with van der Waals surface area (Å²) in [5, 5.41) is 2.10. The van der Waals surface area contributed by atoms with Gasteiger partial charge in [0.15, 0.2) is 5.75 Å². The number of ether oxygens (including phenoxy) is 3. The van der Waals surface area contributed by atoms with Gasteiger partial charge in [-0.05, 0) is 60.0 Å². The van der Waals surface area contributed by atoms with Crippen LogP contribution in [-0.4, -0.2) is 17.9 Å². The highest BCUT2D eigenvalue weighted by atomic mass is 16.5. The second-order valence-corrected chi connectivity index (χ2v) is 9.18. The molecule has 0 aliphatic heterocycles. The summed E-state index contributed by atoms with van der Waals surface area (Å²) in [6.07, 6.45) is 0. The molecule has 0 aliphatic carbocycles. The van der Waals surface area contributed by atoms with Crippen molar-refractivity contribution in [2.24, 2.45) is 0 Å². The molecule has 0 saturated carbocycles. The first-order valence-corrected chi connectivity index (χ1v) is 12.9. The monoisotopic (exact) mass is 538 g/mol. The second kappa shape index (κ2) is 11.2. The molecule has 0 aromatic heterocycles. The van der Waals surface area contributed by atoms with E-state index in [1.165, 1.54) is 0 Å². The fourth-order valence-electron chi connectivity index (χ4n) is 4.56. The van der Waals surface area contributed by atoms with E-state index in [2.05, 4.69) is 0 Å². The van der Waals surface area contributed by atoms with Crippen molar-refractivity contribution in [1.82, 2.24) is 0 Å². The van der Waals surface area contributed by atoms with Crippen LogP contribution in [0.2, 0.25) is 0 Å². The number of hydrogen-bond donors (Lipinski definition) is 0. The number of benzene rings is 6. The largest absolute Gasteiger partial charge is 0.422 e. The van der Waals surface area contributed by atoms with Gasteiger partial charge in [0.05, 0.1) is 22.1 Å². The summed E-state index contributed by atoms with van der Waals surface area (Å²) >= 11 is 0. The topological polar surface area (TPSA) is 78.9 Å². The van der Waals surface area contributed by atoms with E-state index in [-0.39, 0.29) is 11.5 Å². The maximum absolute atomic E-state index is 13.3. The Morgan fingerprint density at radius 1 is 0.415 bits per heavy atom. The predicted molar refractivity (Wildman–Crippen MR) is 156 cm³/mol. The van der Waals surface area contributed by atoms with Crippen LogP contribution < -0.4 is 14.2 Å². The van der Waals surface area contributed by atoms with E-state index in [9.17, 15) is 14.4 Å². The molecule has 0 amide bonds. The quantitative estimate of drug-likeness (QED) is 0.123. The first-order valence-electron chi connectivity index (χ1n) is 12.9. The highest BCUT2D eigenvalue weighted by Crippen LogP contribution is 2.43. The molecule has 41 heavy (non-hydrogen) atoms. The Labute approximate surface area is 235 Å². The highest BCUT2D eigenvalue weighted by molar-refractivity contribution is 6.12. The summed E-state index contributed by atoms with van der Waals surface area (Å²) < 4.78 is 17.7. The fraction of sp³-hybridized carbons (Fsp3) is 0.